The molecule has 0 atom stereocenters. The van der Waals surface area contributed by atoms with Crippen LogP contribution in [0.3, 0.4) is 0 Å². The number of hydrogen-bond donors (Lipinski definition) is 4. The largest absolute Gasteiger partial charge is 0.395 e. The Bertz CT molecular complexity index is 264. The zero-order valence-electron chi connectivity index (χ0n) is 11.5. The van der Waals surface area contributed by atoms with Gasteiger partial charge in [0.15, 0.2) is 5.96 Å². The van der Waals surface area contributed by atoms with E-state index < -0.39 is 0 Å². The summed E-state index contributed by atoms with van der Waals surface area (Å²) >= 11 is 0. The van der Waals surface area contributed by atoms with E-state index >= 15 is 0 Å². The molecule has 0 aromatic rings. The predicted molar refractivity (Wildman–Crippen MR) is 84.4 cm³/mol. The first-order chi connectivity index (χ1) is 7.89. The summed E-state index contributed by atoms with van der Waals surface area (Å²) in [6.45, 7) is 8.91. The zero-order chi connectivity index (χ0) is 13.3. The van der Waals surface area contributed by atoms with E-state index in [4.69, 9.17) is 5.11 Å². The van der Waals surface area contributed by atoms with Crippen molar-refractivity contribution >= 4 is 35.8 Å². The smallest absolute Gasteiger partial charge is 0.242 e. The van der Waals surface area contributed by atoms with Gasteiger partial charge in [-0.3, -0.25) is 4.79 Å². The van der Waals surface area contributed by atoms with Crippen LogP contribution in [0, 0.1) is 0 Å². The number of nitrogens with zero attached hydrogens (tertiary/aromatic N) is 1. The number of guanidine groups is 1. The maximum atomic E-state index is 11.5. The van der Waals surface area contributed by atoms with Crippen LogP contribution < -0.4 is 16.0 Å². The quantitative estimate of drug-likeness (QED) is 0.313. The topological polar surface area (TPSA) is 85.8 Å². The first-order valence-electron chi connectivity index (χ1n) is 5.83. The molecule has 0 aromatic heterocycles. The highest BCUT2D eigenvalue weighted by atomic mass is 127. The molecule has 4 N–H and O–H groups in total. The first-order valence-corrected chi connectivity index (χ1v) is 5.83. The third kappa shape index (κ3) is 11.9. The third-order valence-electron chi connectivity index (χ3n) is 1.64. The second kappa shape index (κ2) is 10.4. The van der Waals surface area contributed by atoms with Crippen molar-refractivity contribution in [1.82, 2.24) is 16.0 Å². The molecule has 0 unspecified atom stereocenters. The summed E-state index contributed by atoms with van der Waals surface area (Å²) in [4.78, 5) is 15.6. The molecule has 0 aliphatic carbocycles. The van der Waals surface area contributed by atoms with Crippen molar-refractivity contribution in [2.45, 2.75) is 33.2 Å². The average Bonchev–Trinajstić information content (AvgIpc) is 2.19. The highest BCUT2D eigenvalue weighted by molar-refractivity contribution is 14.0. The van der Waals surface area contributed by atoms with Gasteiger partial charge in [0, 0.05) is 18.6 Å². The normalized spacial score (nSPS) is 11.5. The number of carbonyl (C=O) groups excluding carboxylic acids is 1. The second-order valence-corrected chi connectivity index (χ2v) is 4.64. The molecular weight excluding hydrogens is 347 g/mol. The molecule has 0 fully saturated rings. The van der Waals surface area contributed by atoms with Crippen molar-refractivity contribution < 1.29 is 9.90 Å². The number of nitrogens with one attached hydrogen (secondary N) is 3. The van der Waals surface area contributed by atoms with Gasteiger partial charge in [-0.1, -0.05) is 0 Å². The van der Waals surface area contributed by atoms with Crippen LogP contribution in [0.4, 0.5) is 0 Å². The first kappa shape index (κ1) is 19.8. The predicted octanol–water partition coefficient (Wildman–Crippen LogP) is 0.0665. The third-order valence-corrected chi connectivity index (χ3v) is 1.64. The van der Waals surface area contributed by atoms with E-state index in [1.54, 1.807) is 0 Å². The molecule has 0 spiro atoms. The van der Waals surface area contributed by atoms with Gasteiger partial charge in [-0.05, 0) is 27.7 Å². The van der Waals surface area contributed by atoms with Crippen LogP contribution in [0.25, 0.3) is 0 Å². The van der Waals surface area contributed by atoms with Crippen molar-refractivity contribution in [2.75, 3.05) is 26.2 Å². The van der Waals surface area contributed by atoms with E-state index in [-0.39, 0.29) is 48.6 Å². The summed E-state index contributed by atoms with van der Waals surface area (Å²) in [6.07, 6.45) is 0. The van der Waals surface area contributed by atoms with E-state index in [2.05, 4.69) is 20.9 Å². The lowest BCUT2D eigenvalue weighted by molar-refractivity contribution is -0.121. The summed E-state index contributed by atoms with van der Waals surface area (Å²) in [5.41, 5.74) is -0.247. The van der Waals surface area contributed by atoms with Crippen LogP contribution in [0.15, 0.2) is 4.99 Å². The molecule has 0 aliphatic rings. The molecule has 6 nitrogen and oxygen atoms in total. The molecule has 0 aliphatic heterocycles. The van der Waals surface area contributed by atoms with Gasteiger partial charge < -0.3 is 21.1 Å². The van der Waals surface area contributed by atoms with Crippen molar-refractivity contribution in [3.8, 4) is 0 Å². The van der Waals surface area contributed by atoms with Crippen LogP contribution in [0.1, 0.15) is 27.7 Å². The Morgan fingerprint density at radius 3 is 2.33 bits per heavy atom. The Labute approximate surface area is 126 Å². The molecule has 1 amide bonds. The van der Waals surface area contributed by atoms with E-state index in [0.29, 0.717) is 19.0 Å². The minimum Gasteiger partial charge on any atom is -0.395 e. The molecule has 108 valence electrons. The Hall–Kier alpha value is -0.570. The van der Waals surface area contributed by atoms with Gasteiger partial charge >= 0.3 is 0 Å². The number of rotatable bonds is 5. The molecule has 0 saturated carbocycles. The van der Waals surface area contributed by atoms with Gasteiger partial charge in [0.2, 0.25) is 5.91 Å². The maximum Gasteiger partial charge on any atom is 0.242 e. The Kier molecular flexibility index (Phi) is 11.4. The van der Waals surface area contributed by atoms with Crippen molar-refractivity contribution in [3.05, 3.63) is 0 Å². The minimum absolute atomic E-state index is 0. The van der Waals surface area contributed by atoms with Gasteiger partial charge in [0.25, 0.3) is 0 Å². The van der Waals surface area contributed by atoms with Crippen LogP contribution in [-0.4, -0.2) is 48.8 Å². The van der Waals surface area contributed by atoms with Crippen LogP contribution in [-0.2, 0) is 4.79 Å². The van der Waals surface area contributed by atoms with E-state index in [1.807, 2.05) is 27.7 Å². The minimum atomic E-state index is -0.247. The summed E-state index contributed by atoms with van der Waals surface area (Å²) in [5, 5.41) is 17.4. The summed E-state index contributed by atoms with van der Waals surface area (Å²) in [6, 6.07) is 0. The molecule has 18 heavy (non-hydrogen) atoms. The van der Waals surface area contributed by atoms with Crippen molar-refractivity contribution in [1.29, 1.82) is 0 Å². The van der Waals surface area contributed by atoms with Crippen molar-refractivity contribution in [2.24, 2.45) is 4.99 Å². The molecule has 0 saturated heterocycles. The molecule has 0 aromatic carbocycles. The fourth-order valence-corrected chi connectivity index (χ4v) is 1.12. The van der Waals surface area contributed by atoms with E-state index in [0.717, 1.165) is 0 Å². The Morgan fingerprint density at radius 2 is 1.89 bits per heavy atom. The van der Waals surface area contributed by atoms with Crippen LogP contribution in [0.5, 0.6) is 0 Å². The lowest BCUT2D eigenvalue weighted by Gasteiger charge is -2.20. The molecule has 0 rings (SSSR count). The Balaban J connectivity index is 0. The highest BCUT2D eigenvalue weighted by Gasteiger charge is 2.12. The SMILES string of the molecule is CCNC(=NCC(=O)NC(C)(C)C)NCCO.I. The molecule has 0 radical (unpaired) electrons. The maximum absolute atomic E-state index is 11.5. The fourth-order valence-electron chi connectivity index (χ4n) is 1.12. The highest BCUT2D eigenvalue weighted by Crippen LogP contribution is 1.97. The standard InChI is InChI=1S/C11H24N4O2.HI/c1-5-12-10(13-6-7-16)14-8-9(17)15-11(2,3)4;/h16H,5-8H2,1-4H3,(H,15,17)(H2,12,13,14);1H. The fraction of sp³-hybridized carbons (Fsp3) is 0.818. The van der Waals surface area contributed by atoms with E-state index in [1.165, 1.54) is 0 Å². The zero-order valence-corrected chi connectivity index (χ0v) is 13.9. The van der Waals surface area contributed by atoms with Crippen LogP contribution >= 0.6 is 24.0 Å². The summed E-state index contributed by atoms with van der Waals surface area (Å²) in [7, 11) is 0. The van der Waals surface area contributed by atoms with Gasteiger partial charge in [-0.15, -0.1) is 24.0 Å². The van der Waals surface area contributed by atoms with Crippen molar-refractivity contribution in [3.63, 3.8) is 0 Å². The van der Waals surface area contributed by atoms with E-state index in [9.17, 15) is 4.79 Å². The summed E-state index contributed by atoms with van der Waals surface area (Å²) < 4.78 is 0. The van der Waals surface area contributed by atoms with Gasteiger partial charge in [-0.2, -0.15) is 0 Å². The molecule has 0 bridgehead atoms. The summed E-state index contributed by atoms with van der Waals surface area (Å²) in [5.74, 6) is 0.407. The number of amides is 1. The lowest BCUT2D eigenvalue weighted by atomic mass is 10.1. The number of aliphatic imine (C=N–C) groups is 1. The van der Waals surface area contributed by atoms with Crippen LogP contribution in [0.2, 0.25) is 0 Å². The lowest BCUT2D eigenvalue weighted by Crippen LogP contribution is -2.43. The molecule has 0 heterocycles. The van der Waals surface area contributed by atoms with Gasteiger partial charge in [0.05, 0.1) is 6.61 Å². The number of aliphatic hydroxyl groups is 1. The molecular formula is C11H25IN4O2. The number of halogens is 1. The van der Waals surface area contributed by atoms with Gasteiger partial charge in [0.1, 0.15) is 6.54 Å². The molecule has 7 heteroatoms. The Morgan fingerprint density at radius 1 is 1.28 bits per heavy atom. The number of aliphatic hydroxyl groups excluding tert-OH is 1. The number of hydrogen-bond acceptors (Lipinski definition) is 3. The monoisotopic (exact) mass is 372 g/mol. The number of carbonyl (C=O) groups is 1. The average molecular weight is 372 g/mol. The second-order valence-electron chi connectivity index (χ2n) is 4.64. The van der Waals surface area contributed by atoms with Gasteiger partial charge in [-0.25, -0.2) is 4.99 Å².